The van der Waals surface area contributed by atoms with Crippen LogP contribution in [0.25, 0.3) is 33.6 Å². The molecule has 1 aliphatic rings. The monoisotopic (exact) mass is 490 g/mol. The molecule has 0 aliphatic carbocycles. The van der Waals surface area contributed by atoms with Crippen LogP contribution in [0.4, 0.5) is 11.5 Å². The van der Waals surface area contributed by atoms with Crippen molar-refractivity contribution in [2.75, 3.05) is 43.4 Å². The van der Waals surface area contributed by atoms with Gasteiger partial charge in [0.25, 0.3) is 5.91 Å². The Bertz CT molecular complexity index is 1530. The zero-order valence-corrected chi connectivity index (χ0v) is 20.5. The summed E-state index contributed by atoms with van der Waals surface area (Å²) in [7, 11) is 2.14. The van der Waals surface area contributed by atoms with E-state index in [4.69, 9.17) is 9.40 Å². The van der Waals surface area contributed by atoms with E-state index in [0.29, 0.717) is 17.0 Å². The molecule has 6 rings (SSSR count). The SMILES string of the molecule is CN1CCN(c2ncnc3oc(-c4ccc(NC(=O)c5cccnc5)cc4)c(-c4ccccc4)c23)CC1. The number of hydrogen-bond donors (Lipinski definition) is 1. The molecule has 0 unspecified atom stereocenters. The Hall–Kier alpha value is -4.56. The van der Waals surface area contributed by atoms with Gasteiger partial charge in [0.2, 0.25) is 5.71 Å². The van der Waals surface area contributed by atoms with E-state index in [1.54, 1.807) is 30.9 Å². The minimum absolute atomic E-state index is 0.207. The molecular weight excluding hydrogens is 464 g/mol. The average molecular weight is 491 g/mol. The maximum atomic E-state index is 12.5. The number of piperazine rings is 1. The number of furan rings is 1. The highest BCUT2D eigenvalue weighted by Crippen LogP contribution is 2.43. The van der Waals surface area contributed by atoms with Gasteiger partial charge < -0.3 is 19.5 Å². The minimum Gasteiger partial charge on any atom is -0.437 e. The molecule has 2 aromatic carbocycles. The fraction of sp³-hybridized carbons (Fsp3) is 0.172. The number of fused-ring (bicyclic) bond motifs is 1. The van der Waals surface area contributed by atoms with E-state index in [9.17, 15) is 4.79 Å². The first kappa shape index (κ1) is 22.9. The van der Waals surface area contributed by atoms with Crippen molar-refractivity contribution in [1.82, 2.24) is 19.9 Å². The second-order valence-corrected chi connectivity index (χ2v) is 9.11. The van der Waals surface area contributed by atoms with Crippen LogP contribution in [0.2, 0.25) is 0 Å². The van der Waals surface area contributed by atoms with Gasteiger partial charge in [-0.2, -0.15) is 0 Å². The zero-order chi connectivity index (χ0) is 25.2. The van der Waals surface area contributed by atoms with Crippen molar-refractivity contribution in [3.8, 4) is 22.5 Å². The molecule has 0 saturated carbocycles. The molecule has 184 valence electrons. The molecule has 0 radical (unpaired) electrons. The zero-order valence-electron chi connectivity index (χ0n) is 20.5. The number of carbonyl (C=O) groups is 1. The Morgan fingerprint density at radius 1 is 0.892 bits per heavy atom. The molecule has 8 heteroatoms. The molecule has 3 aromatic heterocycles. The second-order valence-electron chi connectivity index (χ2n) is 9.11. The van der Waals surface area contributed by atoms with Crippen LogP contribution in [0.15, 0.2) is 89.9 Å². The van der Waals surface area contributed by atoms with Crippen molar-refractivity contribution in [1.29, 1.82) is 0 Å². The fourth-order valence-electron chi connectivity index (χ4n) is 4.66. The third-order valence-electron chi connectivity index (χ3n) is 6.66. The van der Waals surface area contributed by atoms with Gasteiger partial charge in [0.05, 0.1) is 10.9 Å². The lowest BCUT2D eigenvalue weighted by molar-refractivity contribution is 0.102. The molecule has 4 heterocycles. The molecule has 0 atom stereocenters. The van der Waals surface area contributed by atoms with Crippen LogP contribution in [0, 0.1) is 0 Å². The van der Waals surface area contributed by atoms with Crippen molar-refractivity contribution in [2.45, 2.75) is 0 Å². The Morgan fingerprint density at radius 3 is 2.41 bits per heavy atom. The van der Waals surface area contributed by atoms with Crippen LogP contribution in [-0.2, 0) is 0 Å². The lowest BCUT2D eigenvalue weighted by Crippen LogP contribution is -2.44. The third kappa shape index (κ3) is 4.54. The number of hydrogen-bond acceptors (Lipinski definition) is 7. The van der Waals surface area contributed by atoms with E-state index in [-0.39, 0.29) is 5.91 Å². The van der Waals surface area contributed by atoms with Gasteiger partial charge in [-0.05, 0) is 49.0 Å². The van der Waals surface area contributed by atoms with Crippen molar-refractivity contribution in [3.05, 3.63) is 91.0 Å². The van der Waals surface area contributed by atoms with Gasteiger partial charge in [-0.3, -0.25) is 9.78 Å². The van der Waals surface area contributed by atoms with Crippen LogP contribution >= 0.6 is 0 Å². The summed E-state index contributed by atoms with van der Waals surface area (Å²) in [5.74, 6) is 1.41. The summed E-state index contributed by atoms with van der Waals surface area (Å²) in [6.45, 7) is 3.73. The van der Waals surface area contributed by atoms with E-state index in [2.05, 4.69) is 44.3 Å². The van der Waals surface area contributed by atoms with Gasteiger partial charge >= 0.3 is 0 Å². The Balaban J connectivity index is 1.41. The summed E-state index contributed by atoms with van der Waals surface area (Å²) in [5.41, 5.74) is 4.65. The number of carbonyl (C=O) groups excluding carboxylic acids is 1. The first-order valence-corrected chi connectivity index (χ1v) is 12.3. The number of pyridine rings is 1. The average Bonchev–Trinajstić information content (AvgIpc) is 3.35. The Labute approximate surface area is 214 Å². The fourth-order valence-corrected chi connectivity index (χ4v) is 4.66. The summed E-state index contributed by atoms with van der Waals surface area (Å²) in [6.07, 6.45) is 4.76. The molecule has 1 aliphatic heterocycles. The quantitative estimate of drug-likeness (QED) is 0.373. The number of aromatic nitrogens is 3. The summed E-state index contributed by atoms with van der Waals surface area (Å²) in [5, 5.41) is 3.84. The summed E-state index contributed by atoms with van der Waals surface area (Å²) < 4.78 is 6.40. The summed E-state index contributed by atoms with van der Waals surface area (Å²) in [4.78, 5) is 30.4. The lowest BCUT2D eigenvalue weighted by atomic mass is 9.99. The third-order valence-corrected chi connectivity index (χ3v) is 6.66. The molecule has 0 spiro atoms. The number of likely N-dealkylation sites (N-methyl/N-ethyl adjacent to an activating group) is 1. The minimum atomic E-state index is -0.207. The molecule has 1 fully saturated rings. The van der Waals surface area contributed by atoms with Gasteiger partial charge in [0, 0.05) is 55.4 Å². The molecule has 37 heavy (non-hydrogen) atoms. The predicted molar refractivity (Wildman–Crippen MR) is 145 cm³/mol. The number of amides is 1. The van der Waals surface area contributed by atoms with E-state index in [1.165, 1.54) is 0 Å². The van der Waals surface area contributed by atoms with Crippen LogP contribution < -0.4 is 10.2 Å². The van der Waals surface area contributed by atoms with Crippen molar-refractivity contribution in [2.24, 2.45) is 0 Å². The topological polar surface area (TPSA) is 87.4 Å². The Morgan fingerprint density at radius 2 is 1.68 bits per heavy atom. The number of anilines is 2. The van der Waals surface area contributed by atoms with Gasteiger partial charge in [-0.25, -0.2) is 9.97 Å². The molecule has 0 bridgehead atoms. The highest BCUT2D eigenvalue weighted by molar-refractivity contribution is 6.06. The van der Waals surface area contributed by atoms with Crippen LogP contribution in [0.1, 0.15) is 10.4 Å². The van der Waals surface area contributed by atoms with Gasteiger partial charge in [-0.1, -0.05) is 30.3 Å². The maximum absolute atomic E-state index is 12.5. The number of nitrogens with one attached hydrogen (secondary N) is 1. The maximum Gasteiger partial charge on any atom is 0.257 e. The molecule has 1 saturated heterocycles. The Kier molecular flexibility index (Phi) is 6.08. The summed E-state index contributed by atoms with van der Waals surface area (Å²) >= 11 is 0. The largest absolute Gasteiger partial charge is 0.437 e. The van der Waals surface area contributed by atoms with Crippen LogP contribution in [0.3, 0.4) is 0 Å². The highest BCUT2D eigenvalue weighted by Gasteiger charge is 2.26. The van der Waals surface area contributed by atoms with E-state index in [1.807, 2.05) is 42.5 Å². The number of rotatable bonds is 5. The van der Waals surface area contributed by atoms with E-state index >= 15 is 0 Å². The van der Waals surface area contributed by atoms with Crippen molar-refractivity contribution >= 4 is 28.5 Å². The van der Waals surface area contributed by atoms with Crippen LogP contribution in [0.5, 0.6) is 0 Å². The normalized spacial score (nSPS) is 14.1. The number of nitrogens with zero attached hydrogens (tertiary/aromatic N) is 5. The summed E-state index contributed by atoms with van der Waals surface area (Å²) in [6, 6.07) is 21.3. The number of benzene rings is 2. The van der Waals surface area contributed by atoms with Gasteiger partial charge in [0.15, 0.2) is 0 Å². The first-order chi connectivity index (χ1) is 18.2. The first-order valence-electron chi connectivity index (χ1n) is 12.3. The highest BCUT2D eigenvalue weighted by atomic mass is 16.3. The molecule has 1 amide bonds. The lowest BCUT2D eigenvalue weighted by Gasteiger charge is -2.33. The van der Waals surface area contributed by atoms with Crippen molar-refractivity contribution in [3.63, 3.8) is 0 Å². The molecule has 5 aromatic rings. The standard InChI is InChI=1S/C29H26N6O2/c1-34-14-16-35(17-15-34)27-25-24(20-6-3-2-4-7-20)26(37-29(25)32-19-31-27)21-9-11-23(12-10-21)33-28(36)22-8-5-13-30-18-22/h2-13,18-19H,14-17H2,1H3,(H,33,36). The van der Waals surface area contributed by atoms with E-state index < -0.39 is 0 Å². The predicted octanol–water partition coefficient (Wildman–Crippen LogP) is 4.96. The smallest absolute Gasteiger partial charge is 0.257 e. The molecular formula is C29H26N6O2. The van der Waals surface area contributed by atoms with Crippen molar-refractivity contribution < 1.29 is 9.21 Å². The molecule has 8 nitrogen and oxygen atoms in total. The van der Waals surface area contributed by atoms with Crippen LogP contribution in [-0.4, -0.2) is 59.0 Å². The van der Waals surface area contributed by atoms with E-state index in [0.717, 1.165) is 59.8 Å². The molecule has 1 N–H and O–H groups in total. The second kappa shape index (κ2) is 9.83. The van der Waals surface area contributed by atoms with Gasteiger partial charge in [0.1, 0.15) is 17.9 Å². The van der Waals surface area contributed by atoms with Gasteiger partial charge in [-0.15, -0.1) is 0 Å².